The summed E-state index contributed by atoms with van der Waals surface area (Å²) in [5, 5.41) is 8.90. The second kappa shape index (κ2) is 4.66. The van der Waals surface area contributed by atoms with Gasteiger partial charge in [0.25, 0.3) is 0 Å². The fourth-order valence-electron chi connectivity index (χ4n) is 1.44. The fourth-order valence-corrected chi connectivity index (χ4v) is 1.44. The van der Waals surface area contributed by atoms with Crippen molar-refractivity contribution in [1.29, 1.82) is 5.26 Å². The first kappa shape index (κ1) is 10.6. The lowest BCUT2D eigenvalue weighted by Gasteiger charge is -2.10. The maximum atomic E-state index is 8.90. The van der Waals surface area contributed by atoms with Crippen LogP contribution < -0.4 is 4.74 Å². The molecule has 0 atom stereocenters. The van der Waals surface area contributed by atoms with Crippen molar-refractivity contribution >= 4 is 0 Å². The number of ether oxygens (including phenoxy) is 1. The summed E-state index contributed by atoms with van der Waals surface area (Å²) >= 11 is 0. The van der Waals surface area contributed by atoms with Gasteiger partial charge in [-0.25, -0.2) is 0 Å². The van der Waals surface area contributed by atoms with Gasteiger partial charge in [-0.15, -0.1) is 0 Å². The zero-order valence-corrected chi connectivity index (χ0v) is 8.92. The monoisotopic (exact) mass is 189 g/mol. The lowest BCUT2D eigenvalue weighted by molar-refractivity contribution is 0.337. The zero-order chi connectivity index (χ0) is 10.6. The van der Waals surface area contributed by atoms with Gasteiger partial charge in [0, 0.05) is 0 Å². The van der Waals surface area contributed by atoms with Crippen LogP contribution >= 0.6 is 0 Å². The maximum Gasteiger partial charge on any atom is 0.122 e. The molecule has 0 amide bonds. The van der Waals surface area contributed by atoms with E-state index in [0.29, 0.717) is 6.61 Å². The van der Waals surface area contributed by atoms with Gasteiger partial charge in [-0.3, -0.25) is 0 Å². The molecule has 0 aromatic heterocycles. The van der Waals surface area contributed by atoms with Crippen molar-refractivity contribution < 1.29 is 4.74 Å². The summed E-state index contributed by atoms with van der Waals surface area (Å²) < 4.78 is 5.47. The zero-order valence-electron chi connectivity index (χ0n) is 8.92. The van der Waals surface area contributed by atoms with Gasteiger partial charge in [-0.1, -0.05) is 6.92 Å². The molecule has 0 saturated heterocycles. The second-order valence-corrected chi connectivity index (χ2v) is 3.17. The fraction of sp³-hybridized carbons (Fsp3) is 0.417. The van der Waals surface area contributed by atoms with E-state index in [9.17, 15) is 0 Å². The van der Waals surface area contributed by atoms with Crippen LogP contribution in [0, 0.1) is 18.3 Å². The van der Waals surface area contributed by atoms with Crippen molar-refractivity contribution in [1.82, 2.24) is 0 Å². The highest BCUT2D eigenvalue weighted by atomic mass is 16.5. The molecule has 1 aromatic carbocycles. The van der Waals surface area contributed by atoms with E-state index in [2.05, 4.69) is 6.07 Å². The molecule has 1 rings (SSSR count). The van der Waals surface area contributed by atoms with Gasteiger partial charge in [-0.05, 0) is 43.5 Å². The molecule has 0 fully saturated rings. The summed E-state index contributed by atoms with van der Waals surface area (Å²) in [6.45, 7) is 6.63. The molecule has 0 bridgehead atoms. The van der Waals surface area contributed by atoms with Gasteiger partial charge in [0.1, 0.15) is 5.75 Å². The largest absolute Gasteiger partial charge is 0.494 e. The van der Waals surface area contributed by atoms with Crippen LogP contribution in [0.4, 0.5) is 0 Å². The molecule has 74 valence electrons. The predicted molar refractivity (Wildman–Crippen MR) is 56.4 cm³/mol. The van der Waals surface area contributed by atoms with Crippen LogP contribution in [0.15, 0.2) is 12.1 Å². The van der Waals surface area contributed by atoms with Crippen LogP contribution in [-0.2, 0) is 6.42 Å². The van der Waals surface area contributed by atoms with Crippen LogP contribution in [0.2, 0.25) is 0 Å². The van der Waals surface area contributed by atoms with E-state index < -0.39 is 0 Å². The van der Waals surface area contributed by atoms with Crippen molar-refractivity contribution in [3.63, 3.8) is 0 Å². The smallest absolute Gasteiger partial charge is 0.122 e. The second-order valence-electron chi connectivity index (χ2n) is 3.17. The normalized spacial score (nSPS) is 9.57. The first-order valence-corrected chi connectivity index (χ1v) is 4.89. The highest BCUT2D eigenvalue weighted by Gasteiger charge is 2.06. The highest BCUT2D eigenvalue weighted by Crippen LogP contribution is 2.23. The molecule has 0 radical (unpaired) electrons. The summed E-state index contributed by atoms with van der Waals surface area (Å²) in [7, 11) is 0. The Balaban J connectivity index is 3.18. The van der Waals surface area contributed by atoms with Crippen molar-refractivity contribution in [2.45, 2.75) is 27.2 Å². The Kier molecular flexibility index (Phi) is 3.53. The van der Waals surface area contributed by atoms with E-state index >= 15 is 0 Å². The lowest BCUT2D eigenvalue weighted by Crippen LogP contribution is -1.97. The minimum Gasteiger partial charge on any atom is -0.494 e. The molecule has 0 aliphatic carbocycles. The van der Waals surface area contributed by atoms with Gasteiger partial charge in [0.05, 0.1) is 18.2 Å². The van der Waals surface area contributed by atoms with E-state index in [4.69, 9.17) is 10.00 Å². The number of nitriles is 1. The molecule has 1 aromatic rings. The number of benzene rings is 1. The van der Waals surface area contributed by atoms with Gasteiger partial charge in [0.15, 0.2) is 0 Å². The molecular weight excluding hydrogens is 174 g/mol. The third-order valence-corrected chi connectivity index (χ3v) is 2.20. The first-order chi connectivity index (χ1) is 6.72. The number of nitrogens with zero attached hydrogens (tertiary/aromatic N) is 1. The average Bonchev–Trinajstić information content (AvgIpc) is 2.20. The Morgan fingerprint density at radius 3 is 2.57 bits per heavy atom. The van der Waals surface area contributed by atoms with Gasteiger partial charge in [-0.2, -0.15) is 5.26 Å². The van der Waals surface area contributed by atoms with E-state index in [0.717, 1.165) is 28.9 Å². The van der Waals surface area contributed by atoms with Crippen LogP contribution in [0.5, 0.6) is 5.75 Å². The Labute approximate surface area is 85.1 Å². The molecular formula is C12H15NO. The summed E-state index contributed by atoms with van der Waals surface area (Å²) in [6.07, 6.45) is 0.864. The Morgan fingerprint density at radius 2 is 2.07 bits per heavy atom. The van der Waals surface area contributed by atoms with Gasteiger partial charge >= 0.3 is 0 Å². The minimum atomic E-state index is 0.663. The minimum absolute atomic E-state index is 0.663. The SMILES string of the molecule is CCOc1cc(CC)c(C#N)cc1C. The topological polar surface area (TPSA) is 33.0 Å². The molecule has 0 spiro atoms. The number of hydrogen-bond acceptors (Lipinski definition) is 2. The Morgan fingerprint density at radius 1 is 1.36 bits per heavy atom. The predicted octanol–water partition coefficient (Wildman–Crippen LogP) is 2.83. The molecule has 2 heteroatoms. The standard InChI is InChI=1S/C12H15NO/c1-4-10-7-12(14-5-2)9(3)6-11(10)8-13/h6-7H,4-5H2,1-3H3. The van der Waals surface area contributed by atoms with Crippen molar-refractivity contribution in [2.75, 3.05) is 6.61 Å². The summed E-state index contributed by atoms with van der Waals surface area (Å²) in [4.78, 5) is 0. The average molecular weight is 189 g/mol. The number of rotatable bonds is 3. The van der Waals surface area contributed by atoms with Crippen LogP contribution in [0.1, 0.15) is 30.5 Å². The number of hydrogen-bond donors (Lipinski definition) is 0. The third-order valence-electron chi connectivity index (χ3n) is 2.20. The van der Waals surface area contributed by atoms with Crippen molar-refractivity contribution in [3.05, 3.63) is 28.8 Å². The number of aryl methyl sites for hydroxylation is 2. The molecule has 0 saturated carbocycles. The third kappa shape index (κ3) is 2.05. The lowest BCUT2D eigenvalue weighted by atomic mass is 10.0. The van der Waals surface area contributed by atoms with Crippen LogP contribution in [0.25, 0.3) is 0 Å². The molecule has 14 heavy (non-hydrogen) atoms. The molecule has 2 nitrogen and oxygen atoms in total. The van der Waals surface area contributed by atoms with Crippen molar-refractivity contribution in [2.24, 2.45) is 0 Å². The molecule has 0 aliphatic rings. The molecule has 0 unspecified atom stereocenters. The first-order valence-electron chi connectivity index (χ1n) is 4.89. The van der Waals surface area contributed by atoms with E-state index in [1.54, 1.807) is 0 Å². The van der Waals surface area contributed by atoms with Gasteiger partial charge < -0.3 is 4.74 Å². The maximum absolute atomic E-state index is 8.90. The molecule has 0 N–H and O–H groups in total. The van der Waals surface area contributed by atoms with Crippen molar-refractivity contribution in [3.8, 4) is 11.8 Å². The Bertz CT molecular complexity index is 363. The van der Waals surface area contributed by atoms with Gasteiger partial charge in [0.2, 0.25) is 0 Å². The van der Waals surface area contributed by atoms with Crippen LogP contribution in [0.3, 0.4) is 0 Å². The summed E-state index contributed by atoms with van der Waals surface area (Å²) in [5.41, 5.74) is 2.84. The van der Waals surface area contributed by atoms with E-state index in [1.165, 1.54) is 0 Å². The quantitative estimate of drug-likeness (QED) is 0.732. The Hall–Kier alpha value is -1.49. The summed E-state index contributed by atoms with van der Waals surface area (Å²) in [5.74, 6) is 0.892. The van der Waals surface area contributed by atoms with E-state index in [1.807, 2.05) is 32.9 Å². The molecule has 0 aliphatic heterocycles. The van der Waals surface area contributed by atoms with Crippen LogP contribution in [-0.4, -0.2) is 6.61 Å². The van der Waals surface area contributed by atoms with E-state index in [-0.39, 0.29) is 0 Å². The molecule has 0 heterocycles. The summed E-state index contributed by atoms with van der Waals surface area (Å²) in [6, 6.07) is 6.06. The highest BCUT2D eigenvalue weighted by molar-refractivity contribution is 5.47.